The van der Waals surface area contributed by atoms with Crippen LogP contribution in [0.1, 0.15) is 32.3 Å². The Morgan fingerprint density at radius 3 is 2.33 bits per heavy atom. The first kappa shape index (κ1) is 17.0. The Morgan fingerprint density at radius 2 is 1.76 bits per heavy atom. The van der Waals surface area contributed by atoms with Gasteiger partial charge in [-0.1, -0.05) is 50.3 Å². The number of benzene rings is 1. The SMILES string of the molecule is CC1(C)[C@H]2CC=C(C[N+](C)(C)Cc3ccccc3)[C@@H]1C2.[I-]. The Hall–Kier alpha value is -0.350. The van der Waals surface area contributed by atoms with Gasteiger partial charge in [0.05, 0.1) is 14.1 Å². The summed E-state index contributed by atoms with van der Waals surface area (Å²) in [4.78, 5) is 0. The molecule has 0 saturated heterocycles. The topological polar surface area (TPSA) is 0 Å². The standard InChI is InChI=1S/C19H28N.HI/c1-19(2)17-11-10-16(18(19)12-17)14-20(3,4)13-15-8-6-5-7-9-15;/h5-10,17-18H,11-14H2,1-4H3;1H/q+1;/p-1/t17-,18-;/m0./s1. The largest absolute Gasteiger partial charge is 1.00 e. The van der Waals surface area contributed by atoms with Crippen molar-refractivity contribution in [2.45, 2.75) is 33.2 Å². The zero-order valence-electron chi connectivity index (χ0n) is 13.8. The number of hydrogen-bond donors (Lipinski definition) is 0. The molecule has 0 N–H and O–H groups in total. The fourth-order valence-electron chi connectivity index (χ4n) is 4.28. The minimum atomic E-state index is 0. The van der Waals surface area contributed by atoms with Gasteiger partial charge in [-0.05, 0) is 35.7 Å². The third-order valence-corrected chi connectivity index (χ3v) is 5.65. The molecule has 0 spiro atoms. The molecule has 2 bridgehead atoms. The van der Waals surface area contributed by atoms with Crippen molar-refractivity contribution in [3.05, 3.63) is 47.5 Å². The quantitative estimate of drug-likeness (QED) is 0.408. The van der Waals surface area contributed by atoms with Crippen LogP contribution in [0.2, 0.25) is 0 Å². The summed E-state index contributed by atoms with van der Waals surface area (Å²) in [6, 6.07) is 10.9. The number of rotatable bonds is 4. The molecule has 3 aliphatic carbocycles. The highest BCUT2D eigenvalue weighted by molar-refractivity contribution is 5.23. The molecule has 1 nitrogen and oxygen atoms in total. The maximum atomic E-state index is 2.55. The van der Waals surface area contributed by atoms with Gasteiger partial charge in [0.15, 0.2) is 0 Å². The summed E-state index contributed by atoms with van der Waals surface area (Å²) in [7, 11) is 4.73. The summed E-state index contributed by atoms with van der Waals surface area (Å²) < 4.78 is 1.06. The normalized spacial score (nSPS) is 26.4. The van der Waals surface area contributed by atoms with E-state index in [-0.39, 0.29) is 24.0 Å². The van der Waals surface area contributed by atoms with Crippen LogP contribution < -0.4 is 24.0 Å². The highest BCUT2D eigenvalue weighted by Gasteiger charge is 2.51. The van der Waals surface area contributed by atoms with Gasteiger partial charge in [-0.3, -0.25) is 0 Å². The van der Waals surface area contributed by atoms with Gasteiger partial charge < -0.3 is 28.5 Å². The Labute approximate surface area is 147 Å². The van der Waals surface area contributed by atoms with E-state index in [2.05, 4.69) is 64.4 Å². The van der Waals surface area contributed by atoms with E-state index in [9.17, 15) is 0 Å². The smallest absolute Gasteiger partial charge is 0.104 e. The van der Waals surface area contributed by atoms with Gasteiger partial charge >= 0.3 is 0 Å². The summed E-state index contributed by atoms with van der Waals surface area (Å²) in [5, 5.41) is 0. The minimum Gasteiger partial charge on any atom is -1.00 e. The molecule has 0 aliphatic heterocycles. The van der Waals surface area contributed by atoms with Crippen molar-refractivity contribution in [1.29, 1.82) is 0 Å². The molecule has 4 rings (SSSR count). The lowest BCUT2D eigenvalue weighted by atomic mass is 9.49. The molecular formula is C19H28IN. The molecule has 1 aromatic rings. The minimum absolute atomic E-state index is 0. The number of likely N-dealkylation sites (N-methyl/N-ethyl adjacent to an activating group) is 1. The van der Waals surface area contributed by atoms with E-state index < -0.39 is 0 Å². The first-order chi connectivity index (χ1) is 9.38. The van der Waals surface area contributed by atoms with Crippen LogP contribution >= 0.6 is 0 Å². The molecule has 0 amide bonds. The first-order valence-corrected chi connectivity index (χ1v) is 7.93. The molecule has 1 aromatic carbocycles. The maximum absolute atomic E-state index is 2.55. The number of halogens is 1. The molecule has 0 aromatic heterocycles. The molecule has 2 heteroatoms. The first-order valence-electron chi connectivity index (χ1n) is 7.93. The molecular weight excluding hydrogens is 369 g/mol. The molecule has 1 fully saturated rings. The van der Waals surface area contributed by atoms with Crippen LogP contribution in [-0.4, -0.2) is 25.1 Å². The molecule has 116 valence electrons. The predicted octanol–water partition coefficient (Wildman–Crippen LogP) is 1.26. The number of quaternary nitrogens is 1. The number of allylic oxidation sites excluding steroid dienone is 1. The average molecular weight is 397 g/mol. The van der Waals surface area contributed by atoms with Crippen molar-refractivity contribution in [1.82, 2.24) is 0 Å². The summed E-state index contributed by atoms with van der Waals surface area (Å²) in [5.41, 5.74) is 3.72. The van der Waals surface area contributed by atoms with Gasteiger partial charge in [-0.25, -0.2) is 0 Å². The molecule has 1 saturated carbocycles. The van der Waals surface area contributed by atoms with Crippen LogP contribution in [0.25, 0.3) is 0 Å². The van der Waals surface area contributed by atoms with Gasteiger partial charge in [0.2, 0.25) is 0 Å². The third-order valence-electron chi connectivity index (χ3n) is 5.65. The Kier molecular flexibility index (Phi) is 4.89. The van der Waals surface area contributed by atoms with Crippen molar-refractivity contribution in [2.75, 3.05) is 20.6 Å². The average Bonchev–Trinajstić information content (AvgIpc) is 2.38. The zero-order chi connectivity index (χ0) is 14.4. The van der Waals surface area contributed by atoms with E-state index in [1.807, 2.05) is 0 Å². The lowest BCUT2D eigenvalue weighted by Crippen LogP contribution is -3.00. The summed E-state index contributed by atoms with van der Waals surface area (Å²) in [6.45, 7) is 7.26. The zero-order valence-corrected chi connectivity index (χ0v) is 15.9. The molecule has 0 heterocycles. The van der Waals surface area contributed by atoms with E-state index >= 15 is 0 Å². The maximum Gasteiger partial charge on any atom is 0.104 e. The third kappa shape index (κ3) is 3.37. The molecule has 0 radical (unpaired) electrons. The second-order valence-corrected chi connectivity index (χ2v) is 8.06. The highest BCUT2D eigenvalue weighted by Crippen LogP contribution is 2.59. The monoisotopic (exact) mass is 397 g/mol. The Balaban J connectivity index is 0.00000161. The van der Waals surface area contributed by atoms with Crippen molar-refractivity contribution < 1.29 is 28.5 Å². The summed E-state index contributed by atoms with van der Waals surface area (Å²) in [6.07, 6.45) is 5.30. The van der Waals surface area contributed by atoms with Crippen LogP contribution in [-0.2, 0) is 6.54 Å². The van der Waals surface area contributed by atoms with E-state index in [0.717, 1.165) is 22.9 Å². The van der Waals surface area contributed by atoms with Gasteiger partial charge in [-0.2, -0.15) is 0 Å². The second-order valence-electron chi connectivity index (χ2n) is 8.06. The van der Waals surface area contributed by atoms with Crippen molar-refractivity contribution in [3.8, 4) is 0 Å². The van der Waals surface area contributed by atoms with Gasteiger partial charge in [0, 0.05) is 5.56 Å². The van der Waals surface area contributed by atoms with Crippen LogP contribution in [0.15, 0.2) is 42.0 Å². The lowest BCUT2D eigenvalue weighted by Gasteiger charge is -2.57. The van der Waals surface area contributed by atoms with Crippen LogP contribution in [0.4, 0.5) is 0 Å². The van der Waals surface area contributed by atoms with E-state index in [0.29, 0.717) is 5.41 Å². The van der Waals surface area contributed by atoms with Gasteiger partial charge in [0.1, 0.15) is 13.1 Å². The van der Waals surface area contributed by atoms with E-state index in [4.69, 9.17) is 0 Å². The molecule has 3 aliphatic rings. The van der Waals surface area contributed by atoms with Crippen LogP contribution in [0.5, 0.6) is 0 Å². The lowest BCUT2D eigenvalue weighted by molar-refractivity contribution is -0.899. The molecule has 21 heavy (non-hydrogen) atoms. The fraction of sp³-hybridized carbons (Fsp3) is 0.579. The van der Waals surface area contributed by atoms with Gasteiger partial charge in [-0.15, -0.1) is 0 Å². The van der Waals surface area contributed by atoms with Crippen LogP contribution in [0.3, 0.4) is 0 Å². The van der Waals surface area contributed by atoms with E-state index in [1.165, 1.54) is 24.9 Å². The fourth-order valence-corrected chi connectivity index (χ4v) is 4.28. The van der Waals surface area contributed by atoms with Crippen LogP contribution in [0, 0.1) is 17.3 Å². The number of fused-ring (bicyclic) bond motifs is 1. The van der Waals surface area contributed by atoms with Crippen molar-refractivity contribution in [3.63, 3.8) is 0 Å². The summed E-state index contributed by atoms with van der Waals surface area (Å²) >= 11 is 0. The predicted molar refractivity (Wildman–Crippen MR) is 85.2 cm³/mol. The van der Waals surface area contributed by atoms with Gasteiger partial charge in [0.25, 0.3) is 0 Å². The molecule has 2 atom stereocenters. The summed E-state index contributed by atoms with van der Waals surface area (Å²) in [5.74, 6) is 1.79. The Bertz CT molecular complexity index is 516. The number of nitrogens with zero attached hydrogens (tertiary/aromatic N) is 1. The second kappa shape index (κ2) is 6.04. The molecule has 0 unspecified atom stereocenters. The van der Waals surface area contributed by atoms with Crippen molar-refractivity contribution >= 4 is 0 Å². The van der Waals surface area contributed by atoms with Crippen molar-refractivity contribution in [2.24, 2.45) is 17.3 Å². The highest BCUT2D eigenvalue weighted by atomic mass is 127. The Morgan fingerprint density at radius 1 is 1.10 bits per heavy atom. The number of hydrogen-bond acceptors (Lipinski definition) is 0. The van der Waals surface area contributed by atoms with E-state index in [1.54, 1.807) is 5.57 Å².